The maximum absolute atomic E-state index is 12.7. The van der Waals surface area contributed by atoms with E-state index < -0.39 is 5.97 Å². The standard InChI is InChI=1S/C13H18FNO2/c1-3-15(10(2)8-13(16)17)9-11-4-6-12(14)7-5-11/h4-7,10H,3,8-9H2,1-2H3,(H,16,17). The molecule has 0 aromatic heterocycles. The molecule has 0 radical (unpaired) electrons. The van der Waals surface area contributed by atoms with E-state index in [0.29, 0.717) is 6.54 Å². The van der Waals surface area contributed by atoms with Crippen molar-refractivity contribution in [3.05, 3.63) is 35.6 Å². The van der Waals surface area contributed by atoms with Gasteiger partial charge in [0.25, 0.3) is 0 Å². The van der Waals surface area contributed by atoms with E-state index in [-0.39, 0.29) is 18.3 Å². The Morgan fingerprint density at radius 2 is 2.00 bits per heavy atom. The van der Waals surface area contributed by atoms with Crippen molar-refractivity contribution in [1.29, 1.82) is 0 Å². The third-order valence-corrected chi connectivity index (χ3v) is 2.80. The van der Waals surface area contributed by atoms with Crippen molar-refractivity contribution < 1.29 is 14.3 Å². The lowest BCUT2D eigenvalue weighted by Gasteiger charge is -2.26. The van der Waals surface area contributed by atoms with Gasteiger partial charge in [-0.3, -0.25) is 9.69 Å². The van der Waals surface area contributed by atoms with Crippen LogP contribution in [0, 0.1) is 5.82 Å². The molecule has 1 aromatic rings. The second kappa shape index (κ2) is 6.35. The molecule has 0 bridgehead atoms. The van der Waals surface area contributed by atoms with Crippen LogP contribution in [0.4, 0.5) is 4.39 Å². The van der Waals surface area contributed by atoms with E-state index in [1.54, 1.807) is 12.1 Å². The number of benzene rings is 1. The maximum Gasteiger partial charge on any atom is 0.304 e. The topological polar surface area (TPSA) is 40.5 Å². The second-order valence-electron chi connectivity index (χ2n) is 4.14. The van der Waals surface area contributed by atoms with Gasteiger partial charge < -0.3 is 5.11 Å². The van der Waals surface area contributed by atoms with Gasteiger partial charge in [0.2, 0.25) is 0 Å². The molecule has 0 aliphatic carbocycles. The molecule has 1 aromatic carbocycles. The van der Waals surface area contributed by atoms with Gasteiger partial charge in [0, 0.05) is 12.6 Å². The average Bonchev–Trinajstić information content (AvgIpc) is 2.27. The molecule has 17 heavy (non-hydrogen) atoms. The van der Waals surface area contributed by atoms with Gasteiger partial charge >= 0.3 is 5.97 Å². The van der Waals surface area contributed by atoms with Crippen LogP contribution >= 0.6 is 0 Å². The molecule has 0 spiro atoms. The first-order chi connectivity index (χ1) is 8.02. The molecular formula is C13H18FNO2. The van der Waals surface area contributed by atoms with Crippen molar-refractivity contribution >= 4 is 5.97 Å². The number of hydrogen-bond donors (Lipinski definition) is 1. The van der Waals surface area contributed by atoms with Gasteiger partial charge in [0.15, 0.2) is 0 Å². The van der Waals surface area contributed by atoms with E-state index >= 15 is 0 Å². The summed E-state index contributed by atoms with van der Waals surface area (Å²) in [6, 6.07) is 6.27. The Balaban J connectivity index is 2.62. The number of halogens is 1. The monoisotopic (exact) mass is 239 g/mol. The molecule has 3 nitrogen and oxygen atoms in total. The quantitative estimate of drug-likeness (QED) is 0.829. The first kappa shape index (κ1) is 13.6. The van der Waals surface area contributed by atoms with Crippen LogP contribution in [0.15, 0.2) is 24.3 Å². The van der Waals surface area contributed by atoms with Gasteiger partial charge in [-0.2, -0.15) is 0 Å². The van der Waals surface area contributed by atoms with Gasteiger partial charge in [-0.1, -0.05) is 19.1 Å². The van der Waals surface area contributed by atoms with Crippen molar-refractivity contribution in [1.82, 2.24) is 4.90 Å². The third kappa shape index (κ3) is 4.53. The third-order valence-electron chi connectivity index (χ3n) is 2.80. The van der Waals surface area contributed by atoms with Crippen molar-refractivity contribution in [2.45, 2.75) is 32.9 Å². The summed E-state index contributed by atoms with van der Waals surface area (Å²) in [6.07, 6.45) is 0.120. The molecule has 0 saturated carbocycles. The Morgan fingerprint density at radius 3 is 2.47 bits per heavy atom. The summed E-state index contributed by atoms with van der Waals surface area (Å²) in [5.74, 6) is -1.05. The van der Waals surface area contributed by atoms with Crippen molar-refractivity contribution in [2.24, 2.45) is 0 Å². The van der Waals surface area contributed by atoms with Crippen molar-refractivity contribution in [3.63, 3.8) is 0 Å². The SMILES string of the molecule is CCN(Cc1ccc(F)cc1)C(C)CC(=O)O. The fourth-order valence-electron chi connectivity index (χ4n) is 1.79. The fourth-order valence-corrected chi connectivity index (χ4v) is 1.79. The van der Waals surface area contributed by atoms with Crippen LogP contribution in [-0.4, -0.2) is 28.6 Å². The van der Waals surface area contributed by atoms with Crippen molar-refractivity contribution in [2.75, 3.05) is 6.54 Å². The van der Waals surface area contributed by atoms with Crippen molar-refractivity contribution in [3.8, 4) is 0 Å². The van der Waals surface area contributed by atoms with Crippen LogP contribution in [0.3, 0.4) is 0 Å². The zero-order valence-corrected chi connectivity index (χ0v) is 10.2. The normalized spacial score (nSPS) is 12.7. The summed E-state index contributed by atoms with van der Waals surface area (Å²) in [5.41, 5.74) is 0.991. The van der Waals surface area contributed by atoms with Crippen LogP contribution < -0.4 is 0 Å². The summed E-state index contributed by atoms with van der Waals surface area (Å²) >= 11 is 0. The number of nitrogens with zero attached hydrogens (tertiary/aromatic N) is 1. The largest absolute Gasteiger partial charge is 0.481 e. The fraction of sp³-hybridized carbons (Fsp3) is 0.462. The summed E-state index contributed by atoms with van der Waals surface area (Å²) < 4.78 is 12.7. The molecule has 0 aliphatic heterocycles. The van der Waals surface area contributed by atoms with Gasteiger partial charge in [-0.15, -0.1) is 0 Å². The summed E-state index contributed by atoms with van der Waals surface area (Å²) in [4.78, 5) is 12.7. The Hall–Kier alpha value is -1.42. The number of aliphatic carboxylic acids is 1. The van der Waals surface area contributed by atoms with Gasteiger partial charge in [-0.25, -0.2) is 4.39 Å². The molecule has 94 valence electrons. The van der Waals surface area contributed by atoms with E-state index in [1.807, 2.05) is 13.8 Å². The highest BCUT2D eigenvalue weighted by atomic mass is 19.1. The molecule has 0 saturated heterocycles. The second-order valence-corrected chi connectivity index (χ2v) is 4.14. The van der Waals surface area contributed by atoms with E-state index in [1.165, 1.54) is 12.1 Å². The van der Waals surface area contributed by atoms with Crippen LogP contribution in [0.5, 0.6) is 0 Å². The molecule has 4 heteroatoms. The van der Waals surface area contributed by atoms with Crippen LogP contribution in [-0.2, 0) is 11.3 Å². The predicted molar refractivity (Wildman–Crippen MR) is 64.2 cm³/mol. The van der Waals surface area contributed by atoms with Gasteiger partial charge in [0.1, 0.15) is 5.82 Å². The number of rotatable bonds is 6. The lowest BCUT2D eigenvalue weighted by atomic mass is 10.1. The van der Waals surface area contributed by atoms with E-state index in [0.717, 1.165) is 12.1 Å². The molecule has 0 heterocycles. The smallest absolute Gasteiger partial charge is 0.304 e. The van der Waals surface area contributed by atoms with E-state index in [4.69, 9.17) is 5.11 Å². The Kier molecular flexibility index (Phi) is 5.10. The molecule has 1 atom stereocenters. The Bertz CT molecular complexity index is 364. The minimum Gasteiger partial charge on any atom is -0.481 e. The molecular weight excluding hydrogens is 221 g/mol. The highest BCUT2D eigenvalue weighted by Gasteiger charge is 2.15. The average molecular weight is 239 g/mol. The van der Waals surface area contributed by atoms with Crippen LogP contribution in [0.1, 0.15) is 25.8 Å². The molecule has 1 unspecified atom stereocenters. The number of carbonyl (C=O) groups is 1. The zero-order chi connectivity index (χ0) is 12.8. The molecule has 0 fully saturated rings. The molecule has 0 amide bonds. The lowest BCUT2D eigenvalue weighted by Crippen LogP contribution is -2.34. The molecule has 0 aliphatic rings. The minimum atomic E-state index is -0.796. The first-order valence-corrected chi connectivity index (χ1v) is 5.73. The summed E-state index contributed by atoms with van der Waals surface area (Å²) in [5, 5.41) is 8.75. The van der Waals surface area contributed by atoms with E-state index in [9.17, 15) is 9.18 Å². The number of hydrogen-bond acceptors (Lipinski definition) is 2. The zero-order valence-electron chi connectivity index (χ0n) is 10.2. The predicted octanol–water partition coefficient (Wildman–Crippen LogP) is 2.51. The molecule has 1 N–H and O–H groups in total. The van der Waals surface area contributed by atoms with E-state index in [2.05, 4.69) is 4.90 Å². The van der Waals surface area contributed by atoms with Crippen LogP contribution in [0.2, 0.25) is 0 Å². The van der Waals surface area contributed by atoms with Gasteiger partial charge in [0.05, 0.1) is 6.42 Å². The maximum atomic E-state index is 12.7. The Morgan fingerprint density at radius 1 is 1.41 bits per heavy atom. The number of carboxylic acids is 1. The first-order valence-electron chi connectivity index (χ1n) is 5.73. The summed E-state index contributed by atoms with van der Waals surface area (Å²) in [6.45, 7) is 5.29. The number of carboxylic acid groups (broad SMARTS) is 1. The lowest BCUT2D eigenvalue weighted by molar-refractivity contribution is -0.138. The molecule has 1 rings (SSSR count). The Labute approximate surface area is 101 Å². The summed E-state index contributed by atoms with van der Waals surface area (Å²) in [7, 11) is 0. The highest BCUT2D eigenvalue weighted by Crippen LogP contribution is 2.11. The highest BCUT2D eigenvalue weighted by molar-refractivity contribution is 5.67. The van der Waals surface area contributed by atoms with Gasteiger partial charge in [-0.05, 0) is 31.2 Å². The van der Waals surface area contributed by atoms with Crippen LogP contribution in [0.25, 0.3) is 0 Å². The minimum absolute atomic E-state index is 0.0254.